The molecule has 88 valence electrons. The zero-order valence-electron chi connectivity index (χ0n) is 10.1. The Morgan fingerprint density at radius 2 is 1.94 bits per heavy atom. The van der Waals surface area contributed by atoms with Crippen LogP contribution in [0.25, 0.3) is 0 Å². The van der Waals surface area contributed by atoms with Crippen molar-refractivity contribution >= 4 is 0 Å². The SMILES string of the molecule is Cc1cccc(O[C@@H]2CCCC[C@H]2O)c1C. The second kappa shape index (κ2) is 4.88. The molecule has 0 bridgehead atoms. The van der Waals surface area contributed by atoms with E-state index in [0.29, 0.717) is 0 Å². The van der Waals surface area contributed by atoms with Gasteiger partial charge in [-0.15, -0.1) is 0 Å². The molecule has 0 aliphatic heterocycles. The molecule has 16 heavy (non-hydrogen) atoms. The summed E-state index contributed by atoms with van der Waals surface area (Å²) in [6.07, 6.45) is 3.80. The Balaban J connectivity index is 2.10. The van der Waals surface area contributed by atoms with Gasteiger partial charge in [0.1, 0.15) is 11.9 Å². The maximum absolute atomic E-state index is 9.87. The molecule has 0 unspecified atom stereocenters. The number of hydrogen-bond acceptors (Lipinski definition) is 2. The molecule has 0 radical (unpaired) electrons. The third kappa shape index (κ3) is 2.38. The first-order valence-corrected chi connectivity index (χ1v) is 6.09. The normalized spacial score (nSPS) is 25.4. The second-order valence-electron chi connectivity index (χ2n) is 4.71. The van der Waals surface area contributed by atoms with Crippen LogP contribution < -0.4 is 4.74 Å². The lowest BCUT2D eigenvalue weighted by atomic mass is 9.94. The van der Waals surface area contributed by atoms with Crippen molar-refractivity contribution < 1.29 is 9.84 Å². The number of aliphatic hydroxyl groups is 1. The third-order valence-electron chi connectivity index (χ3n) is 3.50. The van der Waals surface area contributed by atoms with Crippen molar-refractivity contribution in [1.29, 1.82) is 0 Å². The van der Waals surface area contributed by atoms with E-state index >= 15 is 0 Å². The van der Waals surface area contributed by atoms with E-state index in [1.54, 1.807) is 0 Å². The van der Waals surface area contributed by atoms with Crippen molar-refractivity contribution in [2.45, 2.75) is 51.7 Å². The van der Waals surface area contributed by atoms with Crippen molar-refractivity contribution in [2.24, 2.45) is 0 Å². The molecule has 1 aromatic carbocycles. The minimum absolute atomic E-state index is 0.0192. The molecule has 0 spiro atoms. The van der Waals surface area contributed by atoms with Gasteiger partial charge in [-0.2, -0.15) is 0 Å². The zero-order valence-corrected chi connectivity index (χ0v) is 10.1. The molecule has 2 heteroatoms. The molecule has 1 aromatic rings. The van der Waals surface area contributed by atoms with Crippen molar-refractivity contribution in [3.8, 4) is 5.75 Å². The molecule has 1 aliphatic carbocycles. The fourth-order valence-corrected chi connectivity index (χ4v) is 2.23. The van der Waals surface area contributed by atoms with Gasteiger partial charge >= 0.3 is 0 Å². The summed E-state index contributed by atoms with van der Waals surface area (Å²) in [4.78, 5) is 0. The first kappa shape index (κ1) is 11.5. The number of aliphatic hydroxyl groups excluding tert-OH is 1. The molecule has 2 nitrogen and oxygen atoms in total. The third-order valence-corrected chi connectivity index (χ3v) is 3.50. The van der Waals surface area contributed by atoms with Gasteiger partial charge in [0.2, 0.25) is 0 Å². The lowest BCUT2D eigenvalue weighted by Gasteiger charge is -2.29. The van der Waals surface area contributed by atoms with Gasteiger partial charge in [0.15, 0.2) is 0 Å². The predicted molar refractivity (Wildman–Crippen MR) is 64.8 cm³/mol. The fraction of sp³-hybridized carbons (Fsp3) is 0.571. The van der Waals surface area contributed by atoms with Crippen LogP contribution in [0.2, 0.25) is 0 Å². The summed E-state index contributed by atoms with van der Waals surface area (Å²) in [5.41, 5.74) is 2.42. The summed E-state index contributed by atoms with van der Waals surface area (Å²) >= 11 is 0. The molecular formula is C14H20O2. The van der Waals surface area contributed by atoms with E-state index in [0.717, 1.165) is 31.4 Å². The Hall–Kier alpha value is -1.02. The van der Waals surface area contributed by atoms with Gasteiger partial charge in [0, 0.05) is 0 Å². The molecule has 2 rings (SSSR count). The monoisotopic (exact) mass is 220 g/mol. The van der Waals surface area contributed by atoms with Crippen molar-refractivity contribution in [1.82, 2.24) is 0 Å². The smallest absolute Gasteiger partial charge is 0.124 e. The Morgan fingerprint density at radius 1 is 1.19 bits per heavy atom. The largest absolute Gasteiger partial charge is 0.487 e. The van der Waals surface area contributed by atoms with E-state index in [1.807, 2.05) is 12.1 Å². The van der Waals surface area contributed by atoms with Gasteiger partial charge in [0.05, 0.1) is 6.10 Å². The zero-order chi connectivity index (χ0) is 11.5. The van der Waals surface area contributed by atoms with E-state index in [1.165, 1.54) is 11.1 Å². The highest BCUT2D eigenvalue weighted by Gasteiger charge is 2.25. The summed E-state index contributed by atoms with van der Waals surface area (Å²) in [6, 6.07) is 6.08. The minimum atomic E-state index is -0.298. The maximum atomic E-state index is 9.87. The van der Waals surface area contributed by atoms with Gasteiger partial charge in [-0.3, -0.25) is 0 Å². The van der Waals surface area contributed by atoms with Gasteiger partial charge in [-0.05, 0) is 50.3 Å². The number of hydrogen-bond donors (Lipinski definition) is 1. The van der Waals surface area contributed by atoms with Gasteiger partial charge in [0.25, 0.3) is 0 Å². The molecule has 1 N–H and O–H groups in total. The van der Waals surface area contributed by atoms with Crippen LogP contribution in [0.1, 0.15) is 36.8 Å². The lowest BCUT2D eigenvalue weighted by molar-refractivity contribution is 0.00651. The summed E-state index contributed by atoms with van der Waals surface area (Å²) in [6.45, 7) is 4.15. The van der Waals surface area contributed by atoms with E-state index in [-0.39, 0.29) is 12.2 Å². The standard InChI is InChI=1S/C14H20O2/c1-10-6-5-9-13(11(10)2)16-14-8-4-3-7-12(14)15/h5-6,9,12,14-15H,3-4,7-8H2,1-2H3/t12-,14-/m1/s1. The van der Waals surface area contributed by atoms with Crippen molar-refractivity contribution in [3.05, 3.63) is 29.3 Å². The fourth-order valence-electron chi connectivity index (χ4n) is 2.23. The van der Waals surface area contributed by atoms with E-state index in [2.05, 4.69) is 19.9 Å². The molecule has 0 amide bonds. The summed E-state index contributed by atoms with van der Waals surface area (Å²) in [5, 5.41) is 9.87. The minimum Gasteiger partial charge on any atom is -0.487 e. The number of rotatable bonds is 2. The van der Waals surface area contributed by atoms with Gasteiger partial charge in [-0.25, -0.2) is 0 Å². The van der Waals surface area contributed by atoms with Crippen LogP contribution in [0, 0.1) is 13.8 Å². The first-order chi connectivity index (χ1) is 7.68. The summed E-state index contributed by atoms with van der Waals surface area (Å²) in [7, 11) is 0. The van der Waals surface area contributed by atoms with Crippen LogP contribution in [-0.4, -0.2) is 17.3 Å². The van der Waals surface area contributed by atoms with Crippen LogP contribution >= 0.6 is 0 Å². The predicted octanol–water partition coefficient (Wildman–Crippen LogP) is 2.99. The highest BCUT2D eigenvalue weighted by molar-refractivity contribution is 5.38. The van der Waals surface area contributed by atoms with Crippen LogP contribution in [0.5, 0.6) is 5.75 Å². The number of benzene rings is 1. The van der Waals surface area contributed by atoms with Crippen LogP contribution in [0.3, 0.4) is 0 Å². The average Bonchev–Trinajstić information content (AvgIpc) is 2.28. The molecule has 0 heterocycles. The Bertz CT molecular complexity index is 360. The molecule has 0 saturated heterocycles. The summed E-state index contributed by atoms with van der Waals surface area (Å²) < 4.78 is 5.93. The van der Waals surface area contributed by atoms with Crippen molar-refractivity contribution in [3.63, 3.8) is 0 Å². The van der Waals surface area contributed by atoms with Crippen LogP contribution in [0.15, 0.2) is 18.2 Å². The second-order valence-corrected chi connectivity index (χ2v) is 4.71. The molecule has 1 fully saturated rings. The van der Waals surface area contributed by atoms with Crippen molar-refractivity contribution in [2.75, 3.05) is 0 Å². The number of ether oxygens (including phenoxy) is 1. The summed E-state index contributed by atoms with van der Waals surface area (Å²) in [5.74, 6) is 0.922. The van der Waals surface area contributed by atoms with E-state index < -0.39 is 0 Å². The van der Waals surface area contributed by atoms with Crippen LogP contribution in [0.4, 0.5) is 0 Å². The first-order valence-electron chi connectivity index (χ1n) is 6.09. The molecule has 0 aromatic heterocycles. The van der Waals surface area contributed by atoms with E-state index in [4.69, 9.17) is 4.74 Å². The van der Waals surface area contributed by atoms with Crippen LogP contribution in [-0.2, 0) is 0 Å². The quantitative estimate of drug-likeness (QED) is 0.830. The molecule has 2 atom stereocenters. The Kier molecular flexibility index (Phi) is 3.49. The van der Waals surface area contributed by atoms with E-state index in [9.17, 15) is 5.11 Å². The molecular weight excluding hydrogens is 200 g/mol. The average molecular weight is 220 g/mol. The Labute approximate surface area is 97.3 Å². The number of aryl methyl sites for hydroxylation is 1. The highest BCUT2D eigenvalue weighted by atomic mass is 16.5. The molecule has 1 saturated carbocycles. The highest BCUT2D eigenvalue weighted by Crippen LogP contribution is 2.27. The van der Waals surface area contributed by atoms with Gasteiger partial charge in [-0.1, -0.05) is 18.6 Å². The van der Waals surface area contributed by atoms with Gasteiger partial charge < -0.3 is 9.84 Å². The Morgan fingerprint density at radius 3 is 2.69 bits per heavy atom. The lowest BCUT2D eigenvalue weighted by Crippen LogP contribution is -2.34. The maximum Gasteiger partial charge on any atom is 0.124 e. The topological polar surface area (TPSA) is 29.5 Å². The molecule has 1 aliphatic rings.